The molecule has 0 spiro atoms. The van der Waals surface area contributed by atoms with Crippen molar-refractivity contribution in [3.63, 3.8) is 0 Å². The van der Waals surface area contributed by atoms with Gasteiger partial charge in [0.1, 0.15) is 17.3 Å². The Hall–Kier alpha value is -2.66. The second-order valence-electron chi connectivity index (χ2n) is 7.57. The van der Waals surface area contributed by atoms with Crippen molar-refractivity contribution in [2.45, 2.75) is 24.8 Å². The van der Waals surface area contributed by atoms with Crippen LogP contribution in [0.25, 0.3) is 5.69 Å². The predicted octanol–water partition coefficient (Wildman–Crippen LogP) is 1.79. The molecular formula is C21H24FN5O3S. The van der Waals surface area contributed by atoms with Gasteiger partial charge in [-0.15, -0.1) is 5.10 Å². The number of aromatic nitrogens is 3. The molecule has 3 aromatic rings. The monoisotopic (exact) mass is 445 g/mol. The van der Waals surface area contributed by atoms with Crippen LogP contribution in [0.2, 0.25) is 0 Å². The molecule has 2 N–H and O–H groups in total. The largest absolute Gasteiger partial charge is 0.379 e. The van der Waals surface area contributed by atoms with Gasteiger partial charge in [0.05, 0.1) is 24.7 Å². The molecule has 4 rings (SSSR count). The lowest BCUT2D eigenvalue weighted by Crippen LogP contribution is -2.36. The number of hydrogen-bond donors (Lipinski definition) is 1. The summed E-state index contributed by atoms with van der Waals surface area (Å²) in [6.07, 6.45) is 0.451. The van der Waals surface area contributed by atoms with Gasteiger partial charge in [0.2, 0.25) is 10.0 Å². The minimum atomic E-state index is -4.00. The minimum Gasteiger partial charge on any atom is -0.379 e. The van der Waals surface area contributed by atoms with Gasteiger partial charge in [-0.05, 0) is 30.7 Å². The lowest BCUT2D eigenvalue weighted by molar-refractivity contribution is 0.0330. The highest BCUT2D eigenvalue weighted by atomic mass is 32.2. The normalized spacial score (nSPS) is 15.3. The first-order valence-electron chi connectivity index (χ1n) is 9.93. The van der Waals surface area contributed by atoms with E-state index >= 15 is 0 Å². The number of nitrogens with zero attached hydrogens (tertiary/aromatic N) is 4. The van der Waals surface area contributed by atoms with Gasteiger partial charge in [-0.25, -0.2) is 27.6 Å². The molecule has 0 amide bonds. The fraction of sp³-hybridized carbons (Fsp3) is 0.333. The lowest BCUT2D eigenvalue weighted by atomic mass is 10.1. The number of benzene rings is 2. The smallest absolute Gasteiger partial charge is 0.238 e. The molecule has 0 saturated carbocycles. The van der Waals surface area contributed by atoms with E-state index in [9.17, 15) is 12.8 Å². The first-order chi connectivity index (χ1) is 14.8. The Morgan fingerprint density at radius 1 is 1.13 bits per heavy atom. The molecule has 164 valence electrons. The van der Waals surface area contributed by atoms with Gasteiger partial charge < -0.3 is 4.74 Å². The summed E-state index contributed by atoms with van der Waals surface area (Å²) in [6.45, 7) is 5.39. The summed E-state index contributed by atoms with van der Waals surface area (Å²) in [4.78, 5) is 6.56. The Morgan fingerprint density at radius 2 is 1.84 bits per heavy atom. The first-order valence-corrected chi connectivity index (χ1v) is 11.5. The molecule has 10 heteroatoms. The molecule has 1 saturated heterocycles. The van der Waals surface area contributed by atoms with E-state index in [2.05, 4.69) is 15.0 Å². The molecule has 31 heavy (non-hydrogen) atoms. The zero-order chi connectivity index (χ0) is 22.0. The summed E-state index contributed by atoms with van der Waals surface area (Å²) in [6, 6.07) is 11.5. The number of rotatable bonds is 6. The van der Waals surface area contributed by atoms with Crippen molar-refractivity contribution < 1.29 is 17.5 Å². The van der Waals surface area contributed by atoms with E-state index in [0.717, 1.165) is 30.3 Å². The van der Waals surface area contributed by atoms with Crippen LogP contribution in [-0.2, 0) is 27.7 Å². The van der Waals surface area contributed by atoms with Gasteiger partial charge in [-0.3, -0.25) is 4.90 Å². The SMILES string of the molecule is Cc1ccc(Cc2nc(CN3CCOCC3)nn2-c2ccc(S(N)(=O)=O)cc2F)cc1. The number of nitrogens with two attached hydrogens (primary N) is 1. The van der Waals surface area contributed by atoms with E-state index < -0.39 is 15.8 Å². The van der Waals surface area contributed by atoms with E-state index in [-0.39, 0.29) is 10.6 Å². The molecule has 1 aliphatic rings. The zero-order valence-electron chi connectivity index (χ0n) is 17.2. The molecule has 1 aromatic heterocycles. The van der Waals surface area contributed by atoms with Crippen molar-refractivity contribution in [1.29, 1.82) is 0 Å². The topological polar surface area (TPSA) is 103 Å². The molecule has 8 nitrogen and oxygen atoms in total. The van der Waals surface area contributed by atoms with Gasteiger partial charge >= 0.3 is 0 Å². The Balaban J connectivity index is 1.71. The Morgan fingerprint density at radius 3 is 2.48 bits per heavy atom. The molecule has 2 aromatic carbocycles. The molecule has 2 heterocycles. The summed E-state index contributed by atoms with van der Waals surface area (Å²) >= 11 is 0. The highest BCUT2D eigenvalue weighted by Crippen LogP contribution is 2.21. The number of hydrogen-bond acceptors (Lipinski definition) is 6. The number of ether oxygens (including phenoxy) is 1. The van der Waals surface area contributed by atoms with Crippen LogP contribution in [0.5, 0.6) is 0 Å². The standard InChI is InChI=1S/C21H24FN5O3S/c1-15-2-4-16(5-3-15)12-21-24-20(14-26-8-10-30-11-9-26)25-27(21)19-7-6-17(13-18(19)22)31(23,28)29/h2-7,13H,8-12,14H2,1H3,(H2,23,28,29). The molecule has 0 unspecified atom stereocenters. The number of primary sulfonamides is 1. The highest BCUT2D eigenvalue weighted by molar-refractivity contribution is 7.89. The van der Waals surface area contributed by atoms with Crippen LogP contribution in [0.15, 0.2) is 47.4 Å². The molecular weight excluding hydrogens is 421 g/mol. The Bertz CT molecular complexity index is 1170. The van der Waals surface area contributed by atoms with Crippen molar-refractivity contribution in [2.75, 3.05) is 26.3 Å². The fourth-order valence-corrected chi connectivity index (χ4v) is 3.98. The molecule has 1 fully saturated rings. The van der Waals surface area contributed by atoms with Crippen LogP contribution in [0.3, 0.4) is 0 Å². The summed E-state index contributed by atoms with van der Waals surface area (Å²) in [5.41, 5.74) is 2.27. The summed E-state index contributed by atoms with van der Waals surface area (Å²) in [5, 5.41) is 9.67. The quantitative estimate of drug-likeness (QED) is 0.620. The second kappa shape index (κ2) is 8.83. The summed E-state index contributed by atoms with van der Waals surface area (Å²) in [7, 11) is -4.00. The van der Waals surface area contributed by atoms with Gasteiger partial charge in [0.25, 0.3) is 0 Å². The molecule has 0 aliphatic carbocycles. The van der Waals surface area contributed by atoms with Crippen LogP contribution in [0.4, 0.5) is 4.39 Å². The van der Waals surface area contributed by atoms with Gasteiger partial charge in [-0.1, -0.05) is 29.8 Å². The Labute approximate surface area is 180 Å². The molecule has 1 aliphatic heterocycles. The van der Waals surface area contributed by atoms with Crippen molar-refractivity contribution in [2.24, 2.45) is 5.14 Å². The Kier molecular flexibility index (Phi) is 6.15. The second-order valence-corrected chi connectivity index (χ2v) is 9.13. The predicted molar refractivity (Wildman–Crippen MR) is 113 cm³/mol. The van der Waals surface area contributed by atoms with E-state index in [1.165, 1.54) is 16.8 Å². The molecule has 0 atom stereocenters. The van der Waals surface area contributed by atoms with Crippen LogP contribution < -0.4 is 5.14 Å². The van der Waals surface area contributed by atoms with Crippen LogP contribution in [-0.4, -0.2) is 54.4 Å². The maximum atomic E-state index is 14.9. The average molecular weight is 446 g/mol. The van der Waals surface area contributed by atoms with Crippen LogP contribution >= 0.6 is 0 Å². The van der Waals surface area contributed by atoms with Crippen molar-refractivity contribution in [3.05, 3.63) is 71.1 Å². The number of aryl methyl sites for hydroxylation is 1. The third-order valence-electron chi connectivity index (χ3n) is 5.15. The summed E-state index contributed by atoms with van der Waals surface area (Å²) < 4.78 is 44.8. The van der Waals surface area contributed by atoms with Crippen molar-refractivity contribution in [1.82, 2.24) is 19.7 Å². The summed E-state index contributed by atoms with van der Waals surface area (Å²) in [5.74, 6) is 0.396. The lowest BCUT2D eigenvalue weighted by Gasteiger charge is -2.25. The average Bonchev–Trinajstić information content (AvgIpc) is 3.11. The fourth-order valence-electron chi connectivity index (χ4n) is 3.45. The first kappa shape index (κ1) is 21.6. The third-order valence-corrected chi connectivity index (χ3v) is 6.06. The maximum absolute atomic E-state index is 14.9. The van der Waals surface area contributed by atoms with Gasteiger partial charge in [0.15, 0.2) is 5.82 Å². The van der Waals surface area contributed by atoms with E-state index in [1.54, 1.807) is 0 Å². The highest BCUT2D eigenvalue weighted by Gasteiger charge is 2.20. The van der Waals surface area contributed by atoms with E-state index in [1.807, 2.05) is 31.2 Å². The van der Waals surface area contributed by atoms with Crippen LogP contribution in [0.1, 0.15) is 22.8 Å². The maximum Gasteiger partial charge on any atom is 0.238 e. The van der Waals surface area contributed by atoms with E-state index in [0.29, 0.717) is 37.8 Å². The number of morpholine rings is 1. The van der Waals surface area contributed by atoms with Crippen LogP contribution in [0, 0.1) is 12.7 Å². The number of halogens is 1. The molecule has 0 radical (unpaired) electrons. The molecule has 0 bridgehead atoms. The van der Waals surface area contributed by atoms with Gasteiger partial charge in [-0.2, -0.15) is 0 Å². The zero-order valence-corrected chi connectivity index (χ0v) is 18.0. The minimum absolute atomic E-state index is 0.121. The number of sulfonamides is 1. The van der Waals surface area contributed by atoms with Crippen molar-refractivity contribution in [3.8, 4) is 5.69 Å². The third kappa shape index (κ3) is 5.16. The van der Waals surface area contributed by atoms with Gasteiger partial charge in [0, 0.05) is 19.5 Å². The van der Waals surface area contributed by atoms with E-state index in [4.69, 9.17) is 9.88 Å². The van der Waals surface area contributed by atoms with Crippen molar-refractivity contribution >= 4 is 10.0 Å².